The third kappa shape index (κ3) is 2.88. The maximum absolute atomic E-state index is 13.1. The Morgan fingerprint density at radius 1 is 1.05 bits per heavy atom. The normalized spacial score (nSPS) is 12.4. The van der Waals surface area contributed by atoms with Crippen LogP contribution in [0.5, 0.6) is 0 Å². The van der Waals surface area contributed by atoms with Crippen molar-refractivity contribution in [2.24, 2.45) is 0 Å². The van der Waals surface area contributed by atoms with Crippen LogP contribution in [0, 0.1) is 5.82 Å². The second-order valence-electron chi connectivity index (χ2n) is 4.75. The highest BCUT2D eigenvalue weighted by molar-refractivity contribution is 7.90. The van der Waals surface area contributed by atoms with Gasteiger partial charge in [-0.15, -0.1) is 0 Å². The van der Waals surface area contributed by atoms with E-state index in [1.807, 2.05) is 12.1 Å². The van der Waals surface area contributed by atoms with E-state index in [2.05, 4.69) is 10.2 Å². The summed E-state index contributed by atoms with van der Waals surface area (Å²) in [6, 6.07) is 13.4. The van der Waals surface area contributed by atoms with Gasteiger partial charge >= 0.3 is 0 Å². The van der Waals surface area contributed by atoms with Crippen LogP contribution >= 0.6 is 11.6 Å². The van der Waals surface area contributed by atoms with Gasteiger partial charge in [-0.3, -0.25) is 5.10 Å². The molecule has 112 valence electrons. The van der Waals surface area contributed by atoms with Gasteiger partial charge in [0.25, 0.3) is 0 Å². The van der Waals surface area contributed by atoms with Gasteiger partial charge in [-0.2, -0.15) is 5.10 Å². The summed E-state index contributed by atoms with van der Waals surface area (Å²) in [7, 11) is 0. The largest absolute Gasteiger partial charge is 0.612 e. The molecule has 1 heterocycles. The predicted molar refractivity (Wildman–Crippen MR) is 86.8 cm³/mol. The number of hydrogen-bond donors (Lipinski definition) is 1. The lowest BCUT2D eigenvalue weighted by Gasteiger charge is -2.07. The molecule has 0 aliphatic carbocycles. The Balaban J connectivity index is 2.07. The Morgan fingerprint density at radius 3 is 2.23 bits per heavy atom. The molecule has 0 aliphatic heterocycles. The van der Waals surface area contributed by atoms with Gasteiger partial charge < -0.3 is 4.55 Å². The van der Waals surface area contributed by atoms with Gasteiger partial charge in [0.2, 0.25) is 0 Å². The van der Waals surface area contributed by atoms with E-state index in [1.165, 1.54) is 12.1 Å². The number of nitrogens with one attached hydrogen (secondary N) is 1. The van der Waals surface area contributed by atoms with E-state index in [-0.39, 0.29) is 5.82 Å². The molecule has 6 heteroatoms. The second kappa shape index (κ2) is 6.12. The van der Waals surface area contributed by atoms with Crippen molar-refractivity contribution in [1.82, 2.24) is 10.2 Å². The summed E-state index contributed by atoms with van der Waals surface area (Å²) in [5.41, 5.74) is 3.10. The van der Waals surface area contributed by atoms with Crippen molar-refractivity contribution in [2.45, 2.75) is 4.90 Å². The maximum Gasteiger partial charge on any atom is 0.159 e. The van der Waals surface area contributed by atoms with Crippen molar-refractivity contribution >= 4 is 22.8 Å². The third-order valence-corrected chi connectivity index (χ3v) is 4.54. The highest BCUT2D eigenvalue weighted by Gasteiger charge is 2.16. The fourth-order valence-corrected chi connectivity index (χ4v) is 2.99. The molecule has 2 aromatic carbocycles. The standard InChI is InChI=1S/C16H12ClFN2OS/c1-22(21)13-8-4-11(5-9-13)15-14(16(17)20-19-15)10-2-6-12(18)7-3-10/h2-9H,1H3,(H,19,20). The summed E-state index contributed by atoms with van der Waals surface area (Å²) >= 11 is 5.14. The zero-order valence-electron chi connectivity index (χ0n) is 11.6. The zero-order chi connectivity index (χ0) is 15.7. The molecule has 0 saturated heterocycles. The highest BCUT2D eigenvalue weighted by Crippen LogP contribution is 2.36. The maximum atomic E-state index is 13.1. The van der Waals surface area contributed by atoms with Crippen LogP contribution in [-0.4, -0.2) is 21.0 Å². The number of aromatic nitrogens is 2. The van der Waals surface area contributed by atoms with E-state index in [0.29, 0.717) is 10.7 Å². The number of rotatable bonds is 3. The first kappa shape index (κ1) is 15.1. The predicted octanol–water partition coefficient (Wildman–Crippen LogP) is 4.27. The van der Waals surface area contributed by atoms with Crippen LogP contribution in [0.25, 0.3) is 22.4 Å². The number of benzene rings is 2. The number of hydrogen-bond acceptors (Lipinski definition) is 2. The molecular formula is C16H12ClFN2OS. The van der Waals surface area contributed by atoms with Crippen molar-refractivity contribution < 1.29 is 8.94 Å². The molecular weight excluding hydrogens is 323 g/mol. The van der Waals surface area contributed by atoms with Gasteiger partial charge in [0, 0.05) is 11.1 Å². The molecule has 1 N–H and O–H groups in total. The van der Waals surface area contributed by atoms with Crippen LogP contribution in [0.2, 0.25) is 5.15 Å². The van der Waals surface area contributed by atoms with Crippen molar-refractivity contribution in [3.8, 4) is 22.4 Å². The van der Waals surface area contributed by atoms with E-state index in [4.69, 9.17) is 11.6 Å². The number of nitrogens with zero attached hydrogens (tertiary/aromatic N) is 1. The molecule has 0 spiro atoms. The quantitative estimate of drug-likeness (QED) is 0.727. The van der Waals surface area contributed by atoms with Gasteiger partial charge in [-0.1, -0.05) is 23.7 Å². The molecule has 0 amide bonds. The molecule has 1 unspecified atom stereocenters. The lowest BCUT2D eigenvalue weighted by molar-refractivity contribution is 0.601. The fraction of sp³-hybridized carbons (Fsp3) is 0.0625. The van der Waals surface area contributed by atoms with Crippen LogP contribution in [0.3, 0.4) is 0 Å². The van der Waals surface area contributed by atoms with E-state index in [1.54, 1.807) is 30.5 Å². The molecule has 0 radical (unpaired) electrons. The molecule has 22 heavy (non-hydrogen) atoms. The Labute approximate surface area is 135 Å². The zero-order valence-corrected chi connectivity index (χ0v) is 13.2. The first-order chi connectivity index (χ1) is 10.6. The molecule has 1 atom stereocenters. The molecule has 0 saturated carbocycles. The fourth-order valence-electron chi connectivity index (χ4n) is 2.22. The van der Waals surface area contributed by atoms with E-state index >= 15 is 0 Å². The monoisotopic (exact) mass is 334 g/mol. The molecule has 0 bridgehead atoms. The van der Waals surface area contributed by atoms with Crippen molar-refractivity contribution in [2.75, 3.05) is 6.26 Å². The molecule has 3 rings (SSSR count). The Kier molecular flexibility index (Phi) is 4.20. The van der Waals surface area contributed by atoms with Gasteiger partial charge in [-0.05, 0) is 53.1 Å². The van der Waals surface area contributed by atoms with Crippen molar-refractivity contribution in [1.29, 1.82) is 0 Å². The summed E-state index contributed by atoms with van der Waals surface area (Å²) < 4.78 is 24.5. The smallest absolute Gasteiger partial charge is 0.159 e. The lowest BCUT2D eigenvalue weighted by atomic mass is 10.0. The van der Waals surface area contributed by atoms with Crippen LogP contribution < -0.4 is 0 Å². The molecule has 3 nitrogen and oxygen atoms in total. The number of H-pyrrole nitrogens is 1. The van der Waals surface area contributed by atoms with Crippen molar-refractivity contribution in [3.63, 3.8) is 0 Å². The summed E-state index contributed by atoms with van der Waals surface area (Å²) in [5, 5.41) is 7.26. The van der Waals surface area contributed by atoms with Crippen molar-refractivity contribution in [3.05, 3.63) is 59.5 Å². The SMILES string of the molecule is C[S+]([O-])c1ccc(-c2[nH]nc(Cl)c2-c2ccc(F)cc2)cc1. The summed E-state index contributed by atoms with van der Waals surface area (Å²) in [6.07, 6.45) is 1.63. The van der Waals surface area contributed by atoms with Crippen LogP contribution in [0.15, 0.2) is 53.4 Å². The van der Waals surface area contributed by atoms with E-state index in [9.17, 15) is 8.94 Å². The van der Waals surface area contributed by atoms with Crippen LogP contribution in [0.4, 0.5) is 4.39 Å². The minimum Gasteiger partial charge on any atom is -0.612 e. The topological polar surface area (TPSA) is 51.7 Å². The van der Waals surface area contributed by atoms with Gasteiger partial charge in [0.15, 0.2) is 10.0 Å². The second-order valence-corrected chi connectivity index (χ2v) is 6.49. The number of aromatic amines is 1. The summed E-state index contributed by atoms with van der Waals surface area (Å²) in [5.74, 6) is -0.306. The molecule has 1 aromatic heterocycles. The Bertz CT molecular complexity index is 785. The average molecular weight is 335 g/mol. The lowest BCUT2D eigenvalue weighted by Crippen LogP contribution is -1.96. The van der Waals surface area contributed by atoms with Crippen LogP contribution in [0.1, 0.15) is 0 Å². The van der Waals surface area contributed by atoms with Gasteiger partial charge in [0.05, 0.1) is 5.69 Å². The van der Waals surface area contributed by atoms with Gasteiger partial charge in [-0.25, -0.2) is 4.39 Å². The van der Waals surface area contributed by atoms with E-state index in [0.717, 1.165) is 21.7 Å². The third-order valence-electron chi connectivity index (χ3n) is 3.33. The summed E-state index contributed by atoms with van der Waals surface area (Å²) in [6.45, 7) is 0. The molecule has 0 fully saturated rings. The minimum absolute atomic E-state index is 0.306. The summed E-state index contributed by atoms with van der Waals surface area (Å²) in [4.78, 5) is 0.748. The first-order valence-corrected chi connectivity index (χ1v) is 8.43. The van der Waals surface area contributed by atoms with E-state index < -0.39 is 11.2 Å². The first-order valence-electron chi connectivity index (χ1n) is 6.50. The Morgan fingerprint density at radius 2 is 1.64 bits per heavy atom. The average Bonchev–Trinajstić information content (AvgIpc) is 2.90. The molecule has 3 aromatic rings. The van der Waals surface area contributed by atoms with Gasteiger partial charge in [0.1, 0.15) is 12.1 Å². The minimum atomic E-state index is -1.03. The number of halogens is 2. The molecule has 0 aliphatic rings. The Hall–Kier alpha value is -1.82. The highest BCUT2D eigenvalue weighted by atomic mass is 35.5. The van der Waals surface area contributed by atoms with Crippen LogP contribution in [-0.2, 0) is 11.2 Å².